The summed E-state index contributed by atoms with van der Waals surface area (Å²) in [7, 11) is 0. The first-order valence-corrected chi connectivity index (χ1v) is 7.71. The second-order valence-corrected chi connectivity index (χ2v) is 5.55. The van der Waals surface area contributed by atoms with E-state index in [1.807, 2.05) is 48.2 Å². The number of hydrogen-bond donors (Lipinski definition) is 0. The normalized spacial score (nSPS) is 17.0. The van der Waals surface area contributed by atoms with Gasteiger partial charge in [-0.25, -0.2) is 0 Å². The molecule has 0 aliphatic carbocycles. The van der Waals surface area contributed by atoms with Gasteiger partial charge in [0.2, 0.25) is 0 Å². The number of carbonyl (C=O) groups is 1. The van der Waals surface area contributed by atoms with Gasteiger partial charge in [0.1, 0.15) is 0 Å². The lowest BCUT2D eigenvalue weighted by Crippen LogP contribution is -2.36. The third kappa shape index (κ3) is 2.54. The number of pyridine rings is 1. The molecule has 1 aliphatic rings. The Kier molecular flexibility index (Phi) is 4.05. The molecule has 0 bridgehead atoms. The Hall–Kier alpha value is -2.42. The highest BCUT2D eigenvalue weighted by atomic mass is 16.2. The lowest BCUT2D eigenvalue weighted by atomic mass is 9.98. The molecule has 22 heavy (non-hydrogen) atoms. The summed E-state index contributed by atoms with van der Waals surface area (Å²) in [5, 5.41) is 0. The molecule has 3 nitrogen and oxygen atoms in total. The van der Waals surface area contributed by atoms with E-state index in [-0.39, 0.29) is 11.9 Å². The molecule has 2 aromatic rings. The van der Waals surface area contributed by atoms with Crippen LogP contribution in [0.2, 0.25) is 0 Å². The van der Waals surface area contributed by atoms with Gasteiger partial charge >= 0.3 is 0 Å². The number of aryl methyl sites for hydroxylation is 1. The van der Waals surface area contributed by atoms with Crippen molar-refractivity contribution in [3.8, 4) is 11.1 Å². The van der Waals surface area contributed by atoms with Gasteiger partial charge in [-0.1, -0.05) is 49.4 Å². The van der Waals surface area contributed by atoms with Crippen LogP contribution in [0, 0.1) is 6.92 Å². The average molecular weight is 292 g/mol. The van der Waals surface area contributed by atoms with Crippen LogP contribution in [0.3, 0.4) is 0 Å². The summed E-state index contributed by atoms with van der Waals surface area (Å²) in [4.78, 5) is 19.3. The fourth-order valence-electron chi connectivity index (χ4n) is 3.00. The van der Waals surface area contributed by atoms with Gasteiger partial charge in [-0.05, 0) is 30.5 Å². The lowest BCUT2D eigenvalue weighted by molar-refractivity contribution is 0.0747. The maximum Gasteiger partial charge on any atom is 0.257 e. The topological polar surface area (TPSA) is 33.2 Å². The van der Waals surface area contributed by atoms with Crippen LogP contribution in [0.4, 0.5) is 0 Å². The van der Waals surface area contributed by atoms with Crippen LogP contribution >= 0.6 is 0 Å². The van der Waals surface area contributed by atoms with Gasteiger partial charge in [-0.15, -0.1) is 0 Å². The molecule has 1 aliphatic heterocycles. The molecule has 0 N–H and O–H groups in total. The Morgan fingerprint density at radius 1 is 1.27 bits per heavy atom. The van der Waals surface area contributed by atoms with E-state index in [4.69, 9.17) is 0 Å². The first-order chi connectivity index (χ1) is 10.7. The van der Waals surface area contributed by atoms with Crippen molar-refractivity contribution in [1.29, 1.82) is 0 Å². The minimum absolute atomic E-state index is 0.0707. The Morgan fingerprint density at radius 3 is 2.77 bits per heavy atom. The van der Waals surface area contributed by atoms with Gasteiger partial charge in [0.25, 0.3) is 5.91 Å². The first-order valence-electron chi connectivity index (χ1n) is 7.71. The van der Waals surface area contributed by atoms with Gasteiger partial charge in [0.05, 0.1) is 17.3 Å². The number of amides is 1. The predicted molar refractivity (Wildman–Crippen MR) is 88.7 cm³/mol. The molecule has 112 valence electrons. The highest BCUT2D eigenvalue weighted by Crippen LogP contribution is 2.28. The van der Waals surface area contributed by atoms with Gasteiger partial charge < -0.3 is 4.90 Å². The molecule has 0 radical (unpaired) electrons. The zero-order valence-corrected chi connectivity index (χ0v) is 13.0. The number of benzene rings is 1. The molecule has 1 aromatic heterocycles. The monoisotopic (exact) mass is 292 g/mol. The van der Waals surface area contributed by atoms with Crippen LogP contribution in [0.5, 0.6) is 0 Å². The first kappa shape index (κ1) is 14.5. The molecule has 1 amide bonds. The van der Waals surface area contributed by atoms with Crippen LogP contribution in [0.1, 0.15) is 29.4 Å². The van der Waals surface area contributed by atoms with E-state index in [9.17, 15) is 4.79 Å². The van der Waals surface area contributed by atoms with Crippen molar-refractivity contribution in [2.24, 2.45) is 0 Å². The second kappa shape index (κ2) is 6.14. The highest BCUT2D eigenvalue weighted by Gasteiger charge is 2.27. The van der Waals surface area contributed by atoms with Crippen LogP contribution in [0.15, 0.2) is 54.7 Å². The maximum absolute atomic E-state index is 13.1. The Morgan fingerprint density at radius 2 is 2.05 bits per heavy atom. The molecule has 1 aromatic carbocycles. The van der Waals surface area contributed by atoms with E-state index < -0.39 is 0 Å². The molecule has 1 atom stereocenters. The van der Waals surface area contributed by atoms with E-state index in [1.54, 1.807) is 6.20 Å². The van der Waals surface area contributed by atoms with Gasteiger partial charge in [0.15, 0.2) is 0 Å². The van der Waals surface area contributed by atoms with Crippen molar-refractivity contribution < 1.29 is 4.79 Å². The molecular weight excluding hydrogens is 272 g/mol. The van der Waals surface area contributed by atoms with Gasteiger partial charge in [-0.3, -0.25) is 9.78 Å². The minimum Gasteiger partial charge on any atom is -0.328 e. The average Bonchev–Trinajstić information content (AvgIpc) is 3.03. The van der Waals surface area contributed by atoms with Crippen LogP contribution in [-0.4, -0.2) is 28.4 Å². The molecule has 2 heterocycles. The molecule has 0 spiro atoms. The zero-order valence-electron chi connectivity index (χ0n) is 13.0. The SMILES string of the molecule is CCC1C=CCN1C(=O)c1c(-c2ccccc2)ccnc1C. The fourth-order valence-corrected chi connectivity index (χ4v) is 3.00. The third-order valence-electron chi connectivity index (χ3n) is 4.18. The van der Waals surface area contributed by atoms with Crippen molar-refractivity contribution in [2.75, 3.05) is 6.54 Å². The van der Waals surface area contributed by atoms with Crippen molar-refractivity contribution >= 4 is 5.91 Å². The lowest BCUT2D eigenvalue weighted by Gasteiger charge is -2.25. The van der Waals surface area contributed by atoms with Crippen LogP contribution < -0.4 is 0 Å². The zero-order chi connectivity index (χ0) is 15.5. The summed E-state index contributed by atoms with van der Waals surface area (Å²) in [6.45, 7) is 4.69. The van der Waals surface area contributed by atoms with Crippen molar-refractivity contribution in [3.05, 3.63) is 66.0 Å². The standard InChI is InChI=1S/C19H20N2O/c1-3-16-10-7-13-21(16)19(22)18-14(2)20-12-11-17(18)15-8-5-4-6-9-15/h4-12,16H,3,13H2,1-2H3. The second-order valence-electron chi connectivity index (χ2n) is 5.55. The Bertz CT molecular complexity index is 707. The summed E-state index contributed by atoms with van der Waals surface area (Å²) in [5.41, 5.74) is 3.51. The van der Waals surface area contributed by atoms with E-state index >= 15 is 0 Å². The summed E-state index contributed by atoms with van der Waals surface area (Å²) in [5.74, 6) is 0.0707. The maximum atomic E-state index is 13.1. The Balaban J connectivity index is 2.05. The van der Waals surface area contributed by atoms with E-state index in [0.717, 1.165) is 28.8 Å². The number of carbonyl (C=O) groups excluding carboxylic acids is 1. The third-order valence-corrected chi connectivity index (χ3v) is 4.18. The molecular formula is C19H20N2O. The largest absolute Gasteiger partial charge is 0.328 e. The number of hydrogen-bond acceptors (Lipinski definition) is 2. The van der Waals surface area contributed by atoms with Gasteiger partial charge in [0, 0.05) is 12.7 Å². The Labute approximate surface area is 131 Å². The molecule has 0 saturated carbocycles. The number of aromatic nitrogens is 1. The predicted octanol–water partition coefficient (Wildman–Crippen LogP) is 3.85. The summed E-state index contributed by atoms with van der Waals surface area (Å²) >= 11 is 0. The van der Waals surface area contributed by atoms with Crippen molar-refractivity contribution in [2.45, 2.75) is 26.3 Å². The van der Waals surface area contributed by atoms with Crippen molar-refractivity contribution in [3.63, 3.8) is 0 Å². The van der Waals surface area contributed by atoms with Gasteiger partial charge in [-0.2, -0.15) is 0 Å². The summed E-state index contributed by atoms with van der Waals surface area (Å²) in [6.07, 6.45) is 6.89. The van der Waals surface area contributed by atoms with E-state index in [2.05, 4.69) is 24.1 Å². The summed E-state index contributed by atoms with van der Waals surface area (Å²) in [6, 6.07) is 12.2. The number of nitrogens with zero attached hydrogens (tertiary/aromatic N) is 2. The molecule has 3 rings (SSSR count). The highest BCUT2D eigenvalue weighted by molar-refractivity contribution is 6.02. The molecule has 0 saturated heterocycles. The quantitative estimate of drug-likeness (QED) is 0.805. The smallest absolute Gasteiger partial charge is 0.257 e. The van der Waals surface area contributed by atoms with Crippen LogP contribution in [0.25, 0.3) is 11.1 Å². The van der Waals surface area contributed by atoms with Crippen LogP contribution in [-0.2, 0) is 0 Å². The fraction of sp³-hybridized carbons (Fsp3) is 0.263. The molecule has 0 fully saturated rings. The minimum atomic E-state index is 0.0707. The van der Waals surface area contributed by atoms with E-state index in [0.29, 0.717) is 6.54 Å². The molecule has 1 unspecified atom stereocenters. The van der Waals surface area contributed by atoms with Crippen molar-refractivity contribution in [1.82, 2.24) is 9.88 Å². The molecule has 3 heteroatoms. The van der Waals surface area contributed by atoms with E-state index in [1.165, 1.54) is 0 Å². The number of rotatable bonds is 3. The summed E-state index contributed by atoms with van der Waals surface area (Å²) < 4.78 is 0.